The monoisotopic (exact) mass is 385 g/mol. The Bertz CT molecular complexity index is 572. The zero-order valence-corrected chi connectivity index (χ0v) is 13.6. The average molecular weight is 387 g/mol. The molecule has 1 nitrogen and oxygen atoms in total. The van der Waals surface area contributed by atoms with Crippen molar-refractivity contribution < 1.29 is 4.39 Å². The number of halogens is 3. The molecule has 0 bridgehead atoms. The van der Waals surface area contributed by atoms with Gasteiger partial charge in [-0.2, -0.15) is 0 Å². The zero-order chi connectivity index (χ0) is 13.8. The van der Waals surface area contributed by atoms with E-state index in [1.165, 1.54) is 6.07 Å². The maximum absolute atomic E-state index is 13.2. The van der Waals surface area contributed by atoms with Crippen LogP contribution in [0.1, 0.15) is 17.2 Å². The first-order valence-corrected chi connectivity index (χ1v) is 7.55. The summed E-state index contributed by atoms with van der Waals surface area (Å²) in [6.45, 7) is 0. The maximum Gasteiger partial charge on any atom is 0.123 e. The van der Waals surface area contributed by atoms with Crippen molar-refractivity contribution in [2.45, 2.75) is 12.5 Å². The standard InChI is InChI=1S/C15H14Br2FN/c1-19-15(8-10-3-2-4-12(18)7-10)13-9-11(16)5-6-14(13)17/h2-7,9,15,19H,8H2,1H3. The van der Waals surface area contributed by atoms with Crippen molar-refractivity contribution >= 4 is 31.9 Å². The lowest BCUT2D eigenvalue weighted by Crippen LogP contribution is -2.19. The average Bonchev–Trinajstić information content (AvgIpc) is 2.39. The molecule has 0 fully saturated rings. The van der Waals surface area contributed by atoms with Crippen LogP contribution < -0.4 is 5.32 Å². The van der Waals surface area contributed by atoms with E-state index < -0.39 is 0 Å². The first kappa shape index (κ1) is 14.7. The number of rotatable bonds is 4. The smallest absolute Gasteiger partial charge is 0.123 e. The van der Waals surface area contributed by atoms with Crippen molar-refractivity contribution in [1.82, 2.24) is 5.32 Å². The van der Waals surface area contributed by atoms with Crippen LogP contribution in [-0.2, 0) is 6.42 Å². The van der Waals surface area contributed by atoms with E-state index in [2.05, 4.69) is 43.2 Å². The molecule has 2 rings (SSSR count). The molecular formula is C15H14Br2FN. The van der Waals surface area contributed by atoms with Crippen LogP contribution in [0.4, 0.5) is 4.39 Å². The van der Waals surface area contributed by atoms with E-state index in [-0.39, 0.29) is 11.9 Å². The number of benzene rings is 2. The third-order valence-electron chi connectivity index (χ3n) is 3.01. The van der Waals surface area contributed by atoms with Gasteiger partial charge in [0.1, 0.15) is 5.82 Å². The SMILES string of the molecule is CNC(Cc1cccc(F)c1)c1cc(Br)ccc1Br. The van der Waals surface area contributed by atoms with Gasteiger partial charge in [-0.3, -0.25) is 0 Å². The number of nitrogens with one attached hydrogen (secondary N) is 1. The van der Waals surface area contributed by atoms with Crippen LogP contribution >= 0.6 is 31.9 Å². The second kappa shape index (κ2) is 6.64. The fourth-order valence-electron chi connectivity index (χ4n) is 2.05. The molecule has 0 saturated carbocycles. The summed E-state index contributed by atoms with van der Waals surface area (Å²) in [6.07, 6.45) is 0.739. The Morgan fingerprint density at radius 1 is 1.16 bits per heavy atom. The molecule has 0 aliphatic rings. The summed E-state index contributed by atoms with van der Waals surface area (Å²) < 4.78 is 15.3. The Balaban J connectivity index is 2.27. The molecule has 0 amide bonds. The molecule has 0 spiro atoms. The minimum absolute atomic E-state index is 0.133. The highest BCUT2D eigenvalue weighted by Crippen LogP contribution is 2.29. The first-order valence-electron chi connectivity index (χ1n) is 5.97. The van der Waals surface area contributed by atoms with Crippen LogP contribution in [0.5, 0.6) is 0 Å². The molecule has 0 aliphatic carbocycles. The van der Waals surface area contributed by atoms with Gasteiger partial charge < -0.3 is 5.32 Å². The Morgan fingerprint density at radius 2 is 1.95 bits per heavy atom. The minimum Gasteiger partial charge on any atom is -0.313 e. The van der Waals surface area contributed by atoms with Crippen LogP contribution in [0.3, 0.4) is 0 Å². The summed E-state index contributed by atoms with van der Waals surface area (Å²) in [5, 5.41) is 3.28. The van der Waals surface area contributed by atoms with Gasteiger partial charge in [-0.25, -0.2) is 4.39 Å². The van der Waals surface area contributed by atoms with Crippen LogP contribution in [0.2, 0.25) is 0 Å². The highest BCUT2D eigenvalue weighted by molar-refractivity contribution is 9.11. The second-order valence-corrected chi connectivity index (χ2v) is 6.11. The van der Waals surface area contributed by atoms with Crippen molar-refractivity contribution in [3.8, 4) is 0 Å². The van der Waals surface area contributed by atoms with E-state index in [4.69, 9.17) is 0 Å². The lowest BCUT2D eigenvalue weighted by atomic mass is 9.99. The Kier molecular flexibility index (Phi) is 5.13. The molecule has 0 radical (unpaired) electrons. The van der Waals surface area contributed by atoms with Gasteiger partial charge in [-0.15, -0.1) is 0 Å². The maximum atomic E-state index is 13.2. The van der Waals surface area contributed by atoms with Crippen LogP contribution in [0.15, 0.2) is 51.4 Å². The predicted molar refractivity (Wildman–Crippen MR) is 83.7 cm³/mol. The summed E-state index contributed by atoms with van der Waals surface area (Å²) in [7, 11) is 1.91. The lowest BCUT2D eigenvalue weighted by Gasteiger charge is -2.18. The quantitative estimate of drug-likeness (QED) is 0.791. The van der Waals surface area contributed by atoms with E-state index in [9.17, 15) is 4.39 Å². The third-order valence-corrected chi connectivity index (χ3v) is 4.23. The molecule has 19 heavy (non-hydrogen) atoms. The van der Waals surface area contributed by atoms with Gasteiger partial charge in [0.2, 0.25) is 0 Å². The predicted octanol–water partition coefficient (Wildman–Crippen LogP) is 4.85. The lowest BCUT2D eigenvalue weighted by molar-refractivity contribution is 0.582. The number of likely N-dealkylation sites (N-methyl/N-ethyl adjacent to an activating group) is 1. The minimum atomic E-state index is -0.194. The summed E-state index contributed by atoms with van der Waals surface area (Å²) in [6, 6.07) is 12.9. The van der Waals surface area contributed by atoms with Crippen LogP contribution in [0.25, 0.3) is 0 Å². The van der Waals surface area contributed by atoms with Gasteiger partial charge in [0.05, 0.1) is 0 Å². The second-order valence-electron chi connectivity index (χ2n) is 4.34. The van der Waals surface area contributed by atoms with Gasteiger partial charge in [-0.05, 0) is 54.9 Å². The van der Waals surface area contributed by atoms with Crippen molar-refractivity contribution in [3.63, 3.8) is 0 Å². The van der Waals surface area contributed by atoms with Crippen molar-refractivity contribution in [2.75, 3.05) is 7.05 Å². The van der Waals surface area contributed by atoms with Crippen molar-refractivity contribution in [2.24, 2.45) is 0 Å². The van der Waals surface area contributed by atoms with Crippen molar-refractivity contribution in [1.29, 1.82) is 0 Å². The van der Waals surface area contributed by atoms with Gasteiger partial charge >= 0.3 is 0 Å². The highest BCUT2D eigenvalue weighted by atomic mass is 79.9. The summed E-state index contributed by atoms with van der Waals surface area (Å²) in [4.78, 5) is 0. The molecular weight excluding hydrogens is 373 g/mol. The van der Waals surface area contributed by atoms with E-state index in [0.717, 1.165) is 26.5 Å². The summed E-state index contributed by atoms with van der Waals surface area (Å²) in [5.74, 6) is -0.194. The Labute approximate surface area is 129 Å². The van der Waals surface area contributed by atoms with E-state index in [1.807, 2.05) is 25.2 Å². The van der Waals surface area contributed by atoms with E-state index in [0.29, 0.717) is 0 Å². The Morgan fingerprint density at radius 3 is 2.63 bits per heavy atom. The molecule has 1 unspecified atom stereocenters. The molecule has 2 aromatic carbocycles. The van der Waals surface area contributed by atoms with Gasteiger partial charge in [-0.1, -0.05) is 44.0 Å². The van der Waals surface area contributed by atoms with E-state index >= 15 is 0 Å². The normalized spacial score (nSPS) is 12.4. The zero-order valence-electron chi connectivity index (χ0n) is 10.5. The summed E-state index contributed by atoms with van der Waals surface area (Å²) >= 11 is 7.05. The number of hydrogen-bond acceptors (Lipinski definition) is 1. The highest BCUT2D eigenvalue weighted by Gasteiger charge is 2.14. The van der Waals surface area contributed by atoms with Crippen LogP contribution in [0, 0.1) is 5.82 Å². The van der Waals surface area contributed by atoms with E-state index in [1.54, 1.807) is 12.1 Å². The molecule has 0 heterocycles. The largest absolute Gasteiger partial charge is 0.313 e. The van der Waals surface area contributed by atoms with Gasteiger partial charge in [0.25, 0.3) is 0 Å². The fourth-order valence-corrected chi connectivity index (χ4v) is 2.95. The fraction of sp³-hybridized carbons (Fsp3) is 0.200. The first-order chi connectivity index (χ1) is 9.10. The number of hydrogen-bond donors (Lipinski definition) is 1. The molecule has 4 heteroatoms. The molecule has 0 aromatic heterocycles. The summed E-state index contributed by atoms with van der Waals surface area (Å²) in [5.41, 5.74) is 2.13. The molecule has 2 aromatic rings. The van der Waals surface area contributed by atoms with Gasteiger partial charge in [0, 0.05) is 15.0 Å². The molecule has 100 valence electrons. The topological polar surface area (TPSA) is 12.0 Å². The van der Waals surface area contributed by atoms with Crippen LogP contribution in [-0.4, -0.2) is 7.05 Å². The molecule has 1 N–H and O–H groups in total. The molecule has 0 aliphatic heterocycles. The van der Waals surface area contributed by atoms with Gasteiger partial charge in [0.15, 0.2) is 0 Å². The molecule has 1 atom stereocenters. The third kappa shape index (κ3) is 3.88. The Hall–Kier alpha value is -0.710. The molecule has 0 saturated heterocycles. The van der Waals surface area contributed by atoms with Crippen molar-refractivity contribution in [3.05, 3.63) is 68.4 Å².